The summed E-state index contributed by atoms with van der Waals surface area (Å²) in [6, 6.07) is 3.98. The summed E-state index contributed by atoms with van der Waals surface area (Å²) in [4.78, 5) is 0. The van der Waals surface area contributed by atoms with E-state index in [4.69, 9.17) is 9.52 Å². The van der Waals surface area contributed by atoms with Gasteiger partial charge in [-0.2, -0.15) is 11.8 Å². The van der Waals surface area contributed by atoms with Gasteiger partial charge in [0.1, 0.15) is 11.5 Å². The van der Waals surface area contributed by atoms with Gasteiger partial charge in [0.15, 0.2) is 0 Å². The second-order valence-corrected chi connectivity index (χ2v) is 4.60. The molecule has 3 nitrogen and oxygen atoms in total. The van der Waals surface area contributed by atoms with E-state index in [1.807, 2.05) is 30.8 Å². The van der Waals surface area contributed by atoms with Gasteiger partial charge < -0.3 is 14.8 Å². The normalized spacial score (nSPS) is 10.8. The van der Waals surface area contributed by atoms with E-state index in [1.54, 1.807) is 0 Å². The molecule has 0 aliphatic heterocycles. The zero-order valence-electron chi connectivity index (χ0n) is 9.16. The maximum atomic E-state index is 8.58. The van der Waals surface area contributed by atoms with Crippen molar-refractivity contribution in [1.29, 1.82) is 0 Å². The SMILES string of the molecule is Cc1ccc(CNCCSCCCO)o1. The van der Waals surface area contributed by atoms with Gasteiger partial charge >= 0.3 is 0 Å². The number of aliphatic hydroxyl groups excluding tert-OH is 1. The van der Waals surface area contributed by atoms with E-state index in [0.29, 0.717) is 6.61 Å². The Kier molecular flexibility index (Phi) is 6.55. The molecule has 0 bridgehead atoms. The van der Waals surface area contributed by atoms with Crippen LogP contribution in [0.15, 0.2) is 16.5 Å². The molecule has 1 rings (SSSR count). The molecule has 0 fully saturated rings. The van der Waals surface area contributed by atoms with Gasteiger partial charge in [-0.1, -0.05) is 0 Å². The smallest absolute Gasteiger partial charge is 0.117 e. The summed E-state index contributed by atoms with van der Waals surface area (Å²) in [5.74, 6) is 4.08. The molecular weight excluding hydrogens is 210 g/mol. The maximum Gasteiger partial charge on any atom is 0.117 e. The highest BCUT2D eigenvalue weighted by Gasteiger charge is 1.97. The fourth-order valence-electron chi connectivity index (χ4n) is 1.20. The third-order valence-electron chi connectivity index (χ3n) is 1.97. The lowest BCUT2D eigenvalue weighted by Crippen LogP contribution is -2.16. The predicted octanol–water partition coefficient (Wildman–Crippen LogP) is 1.79. The summed E-state index contributed by atoms with van der Waals surface area (Å²) in [5, 5.41) is 11.9. The first-order valence-corrected chi connectivity index (χ1v) is 6.43. The van der Waals surface area contributed by atoms with Crippen molar-refractivity contribution < 1.29 is 9.52 Å². The average Bonchev–Trinajstić information content (AvgIpc) is 2.63. The van der Waals surface area contributed by atoms with Crippen molar-refractivity contribution in [3.05, 3.63) is 23.7 Å². The van der Waals surface area contributed by atoms with Gasteiger partial charge in [0, 0.05) is 18.9 Å². The van der Waals surface area contributed by atoms with E-state index in [0.717, 1.165) is 42.5 Å². The van der Waals surface area contributed by atoms with Crippen molar-refractivity contribution in [2.24, 2.45) is 0 Å². The topological polar surface area (TPSA) is 45.4 Å². The maximum absolute atomic E-state index is 8.58. The Morgan fingerprint density at radius 3 is 2.93 bits per heavy atom. The lowest BCUT2D eigenvalue weighted by molar-refractivity contribution is 0.296. The van der Waals surface area contributed by atoms with Crippen LogP contribution in [0.5, 0.6) is 0 Å². The summed E-state index contributed by atoms with van der Waals surface area (Å²) in [6.07, 6.45) is 0.891. The fourth-order valence-corrected chi connectivity index (χ4v) is 2.03. The molecular formula is C11H19NO2S. The minimum absolute atomic E-state index is 0.298. The largest absolute Gasteiger partial charge is 0.465 e. The summed E-state index contributed by atoms with van der Waals surface area (Å²) in [5.41, 5.74) is 0. The van der Waals surface area contributed by atoms with Gasteiger partial charge in [-0.05, 0) is 31.2 Å². The summed E-state index contributed by atoms with van der Waals surface area (Å²) in [6.45, 7) is 4.03. The average molecular weight is 229 g/mol. The monoisotopic (exact) mass is 229 g/mol. The highest BCUT2D eigenvalue weighted by molar-refractivity contribution is 7.99. The number of rotatable bonds is 8. The molecule has 86 valence electrons. The fraction of sp³-hybridized carbons (Fsp3) is 0.636. The molecule has 0 saturated carbocycles. The van der Waals surface area contributed by atoms with Crippen LogP contribution >= 0.6 is 11.8 Å². The number of aliphatic hydroxyl groups is 1. The third-order valence-corrected chi connectivity index (χ3v) is 3.04. The van der Waals surface area contributed by atoms with Crippen molar-refractivity contribution in [2.45, 2.75) is 19.9 Å². The lowest BCUT2D eigenvalue weighted by Gasteiger charge is -2.02. The number of furan rings is 1. The van der Waals surface area contributed by atoms with Crippen LogP contribution in [-0.4, -0.2) is 29.8 Å². The van der Waals surface area contributed by atoms with E-state index in [2.05, 4.69) is 5.32 Å². The highest BCUT2D eigenvalue weighted by Crippen LogP contribution is 2.05. The van der Waals surface area contributed by atoms with E-state index in [-0.39, 0.29) is 0 Å². The molecule has 0 aliphatic rings. The second kappa shape index (κ2) is 7.79. The summed E-state index contributed by atoms with van der Waals surface area (Å²) < 4.78 is 5.43. The van der Waals surface area contributed by atoms with Gasteiger partial charge in [0.2, 0.25) is 0 Å². The molecule has 0 unspecified atom stereocenters. The molecule has 1 aromatic rings. The Bertz CT molecular complexity index is 263. The standard InChI is InChI=1S/C11H19NO2S/c1-10-3-4-11(14-10)9-12-5-8-15-7-2-6-13/h3-4,12-13H,2,5-9H2,1H3. The molecule has 0 atom stereocenters. The minimum atomic E-state index is 0.298. The Labute approximate surface area is 95.2 Å². The minimum Gasteiger partial charge on any atom is -0.465 e. The Morgan fingerprint density at radius 2 is 2.27 bits per heavy atom. The molecule has 0 amide bonds. The van der Waals surface area contributed by atoms with Crippen molar-refractivity contribution in [3.8, 4) is 0 Å². The van der Waals surface area contributed by atoms with Gasteiger partial charge in [-0.25, -0.2) is 0 Å². The molecule has 1 heterocycles. The van der Waals surface area contributed by atoms with E-state index >= 15 is 0 Å². The van der Waals surface area contributed by atoms with Gasteiger partial charge in [0.05, 0.1) is 6.54 Å². The van der Waals surface area contributed by atoms with E-state index in [1.165, 1.54) is 0 Å². The van der Waals surface area contributed by atoms with Crippen LogP contribution in [0.1, 0.15) is 17.9 Å². The van der Waals surface area contributed by atoms with Crippen molar-refractivity contribution >= 4 is 11.8 Å². The first kappa shape index (κ1) is 12.6. The molecule has 0 aliphatic carbocycles. The molecule has 0 radical (unpaired) electrons. The number of hydrogen-bond donors (Lipinski definition) is 2. The Balaban J connectivity index is 1.93. The van der Waals surface area contributed by atoms with Gasteiger partial charge in [-0.3, -0.25) is 0 Å². The van der Waals surface area contributed by atoms with Crippen molar-refractivity contribution in [3.63, 3.8) is 0 Å². The molecule has 15 heavy (non-hydrogen) atoms. The van der Waals surface area contributed by atoms with Crippen LogP contribution in [0.4, 0.5) is 0 Å². The number of nitrogens with one attached hydrogen (secondary N) is 1. The molecule has 0 saturated heterocycles. The summed E-state index contributed by atoms with van der Waals surface area (Å²) >= 11 is 1.87. The molecule has 4 heteroatoms. The first-order valence-electron chi connectivity index (χ1n) is 5.27. The van der Waals surface area contributed by atoms with Crippen LogP contribution in [0, 0.1) is 6.92 Å². The summed E-state index contributed by atoms with van der Waals surface area (Å²) in [7, 11) is 0. The quantitative estimate of drug-likeness (QED) is 0.667. The lowest BCUT2D eigenvalue weighted by atomic mass is 10.4. The Hall–Kier alpha value is -0.450. The Morgan fingerprint density at radius 1 is 1.40 bits per heavy atom. The first-order chi connectivity index (χ1) is 7.33. The van der Waals surface area contributed by atoms with E-state index < -0.39 is 0 Å². The van der Waals surface area contributed by atoms with Crippen molar-refractivity contribution in [2.75, 3.05) is 24.7 Å². The third kappa shape index (κ3) is 5.87. The molecule has 0 spiro atoms. The zero-order chi connectivity index (χ0) is 10.9. The van der Waals surface area contributed by atoms with Crippen LogP contribution in [0.2, 0.25) is 0 Å². The highest BCUT2D eigenvalue weighted by atomic mass is 32.2. The predicted molar refractivity (Wildman–Crippen MR) is 64.2 cm³/mol. The molecule has 1 aromatic heterocycles. The molecule has 0 aromatic carbocycles. The van der Waals surface area contributed by atoms with E-state index in [9.17, 15) is 0 Å². The van der Waals surface area contributed by atoms with Crippen LogP contribution in [-0.2, 0) is 6.54 Å². The van der Waals surface area contributed by atoms with Crippen LogP contribution in [0.3, 0.4) is 0 Å². The van der Waals surface area contributed by atoms with Gasteiger partial charge in [-0.15, -0.1) is 0 Å². The number of aryl methyl sites for hydroxylation is 1. The second-order valence-electron chi connectivity index (χ2n) is 3.38. The number of thioether (sulfide) groups is 1. The molecule has 2 N–H and O–H groups in total. The van der Waals surface area contributed by atoms with Crippen LogP contribution < -0.4 is 5.32 Å². The van der Waals surface area contributed by atoms with Gasteiger partial charge in [0.25, 0.3) is 0 Å². The zero-order valence-corrected chi connectivity index (χ0v) is 9.98. The van der Waals surface area contributed by atoms with Crippen LogP contribution in [0.25, 0.3) is 0 Å². The van der Waals surface area contributed by atoms with Crippen molar-refractivity contribution in [1.82, 2.24) is 5.32 Å². The number of hydrogen-bond acceptors (Lipinski definition) is 4.